The normalized spacial score (nSPS) is 12.3. The Labute approximate surface area is 109 Å². The summed E-state index contributed by atoms with van der Waals surface area (Å²) in [5, 5.41) is 20.9. The third-order valence-corrected chi connectivity index (χ3v) is 2.88. The molecule has 0 spiro atoms. The maximum atomic E-state index is 11.1. The Morgan fingerprint density at radius 3 is 2.74 bits per heavy atom. The fraction of sp³-hybridized carbons (Fsp3) is 0.231. The number of carboxylic acid groups (broad SMARTS) is 1. The molecule has 0 saturated heterocycles. The van der Waals surface area contributed by atoms with Gasteiger partial charge in [0.05, 0.1) is 0 Å². The second-order valence-corrected chi connectivity index (χ2v) is 4.18. The van der Waals surface area contributed by atoms with Crippen molar-refractivity contribution in [2.45, 2.75) is 12.5 Å². The molecule has 19 heavy (non-hydrogen) atoms. The van der Waals surface area contributed by atoms with Gasteiger partial charge in [-0.2, -0.15) is 0 Å². The minimum atomic E-state index is -1.13. The van der Waals surface area contributed by atoms with Crippen molar-refractivity contribution >= 4 is 22.8 Å². The van der Waals surface area contributed by atoms with Crippen molar-refractivity contribution in [1.29, 1.82) is 0 Å². The quantitative estimate of drug-likeness (QED) is 0.621. The number of para-hydroxylation sites is 1. The predicted octanol–water partition coefficient (Wildman–Crippen LogP) is 0.272. The van der Waals surface area contributed by atoms with E-state index in [2.05, 4.69) is 10.3 Å². The Bertz CT molecular complexity index is 605. The zero-order valence-electron chi connectivity index (χ0n) is 10.1. The van der Waals surface area contributed by atoms with Gasteiger partial charge in [-0.25, -0.2) is 4.79 Å². The van der Waals surface area contributed by atoms with Gasteiger partial charge in [0.2, 0.25) is 5.91 Å². The SMILES string of the molecule is O=C(CO)NC(Cc1c[nH]c2ccccc12)C(=O)O. The van der Waals surface area contributed by atoms with Crippen molar-refractivity contribution in [3.63, 3.8) is 0 Å². The van der Waals surface area contributed by atoms with Gasteiger partial charge in [0.15, 0.2) is 0 Å². The summed E-state index contributed by atoms with van der Waals surface area (Å²) in [4.78, 5) is 25.2. The first-order valence-electron chi connectivity index (χ1n) is 5.80. The van der Waals surface area contributed by atoms with Gasteiger partial charge in [-0.05, 0) is 11.6 Å². The lowest BCUT2D eigenvalue weighted by Gasteiger charge is -2.13. The first-order chi connectivity index (χ1) is 9.11. The molecule has 2 rings (SSSR count). The number of rotatable bonds is 5. The molecule has 6 heteroatoms. The third-order valence-electron chi connectivity index (χ3n) is 2.88. The standard InChI is InChI=1S/C13H14N2O4/c16-7-12(17)15-11(13(18)19)5-8-6-14-10-4-2-1-3-9(8)10/h1-4,6,11,14,16H,5,7H2,(H,15,17)(H,18,19). The number of aliphatic hydroxyl groups excluding tert-OH is 1. The van der Waals surface area contributed by atoms with Crippen LogP contribution < -0.4 is 5.32 Å². The van der Waals surface area contributed by atoms with Crippen molar-refractivity contribution in [2.75, 3.05) is 6.61 Å². The lowest BCUT2D eigenvalue weighted by molar-refractivity contribution is -0.142. The lowest BCUT2D eigenvalue weighted by Crippen LogP contribution is -2.43. The van der Waals surface area contributed by atoms with E-state index in [0.29, 0.717) is 0 Å². The fourth-order valence-corrected chi connectivity index (χ4v) is 1.96. The highest BCUT2D eigenvalue weighted by atomic mass is 16.4. The van der Waals surface area contributed by atoms with Gasteiger partial charge in [-0.3, -0.25) is 4.79 Å². The zero-order chi connectivity index (χ0) is 13.8. The van der Waals surface area contributed by atoms with Gasteiger partial charge in [0.1, 0.15) is 12.6 Å². The van der Waals surface area contributed by atoms with Crippen molar-refractivity contribution < 1.29 is 19.8 Å². The van der Waals surface area contributed by atoms with Crippen LogP contribution in [0.25, 0.3) is 10.9 Å². The van der Waals surface area contributed by atoms with Crippen LogP contribution in [0.1, 0.15) is 5.56 Å². The van der Waals surface area contributed by atoms with E-state index in [1.807, 2.05) is 24.3 Å². The molecule has 0 radical (unpaired) electrons. The molecule has 6 nitrogen and oxygen atoms in total. The molecular weight excluding hydrogens is 248 g/mol. The van der Waals surface area contributed by atoms with Gasteiger partial charge in [-0.1, -0.05) is 18.2 Å². The number of aliphatic carboxylic acids is 1. The Balaban J connectivity index is 2.21. The monoisotopic (exact) mass is 262 g/mol. The van der Waals surface area contributed by atoms with Gasteiger partial charge in [-0.15, -0.1) is 0 Å². The molecular formula is C13H14N2O4. The van der Waals surface area contributed by atoms with Gasteiger partial charge < -0.3 is 20.5 Å². The van der Waals surface area contributed by atoms with Gasteiger partial charge in [0.25, 0.3) is 0 Å². The molecule has 1 amide bonds. The second-order valence-electron chi connectivity index (χ2n) is 4.18. The van der Waals surface area contributed by atoms with Crippen LogP contribution in [0.3, 0.4) is 0 Å². The summed E-state index contributed by atoms with van der Waals surface area (Å²) < 4.78 is 0. The van der Waals surface area contributed by atoms with Crippen LogP contribution in [0.15, 0.2) is 30.5 Å². The number of amides is 1. The number of aliphatic hydroxyl groups is 1. The number of carboxylic acids is 1. The highest BCUT2D eigenvalue weighted by Gasteiger charge is 2.21. The van der Waals surface area contributed by atoms with E-state index in [4.69, 9.17) is 10.2 Å². The molecule has 1 atom stereocenters. The van der Waals surface area contributed by atoms with Crippen LogP contribution >= 0.6 is 0 Å². The van der Waals surface area contributed by atoms with Crippen LogP contribution in [-0.2, 0) is 16.0 Å². The van der Waals surface area contributed by atoms with E-state index >= 15 is 0 Å². The van der Waals surface area contributed by atoms with Crippen molar-refractivity contribution in [3.05, 3.63) is 36.0 Å². The predicted molar refractivity (Wildman–Crippen MR) is 68.7 cm³/mol. The molecule has 1 heterocycles. The number of aromatic amines is 1. The number of benzene rings is 1. The summed E-state index contributed by atoms with van der Waals surface area (Å²) >= 11 is 0. The molecule has 0 aliphatic carbocycles. The molecule has 4 N–H and O–H groups in total. The van der Waals surface area contributed by atoms with Gasteiger partial charge in [0, 0.05) is 23.5 Å². The fourth-order valence-electron chi connectivity index (χ4n) is 1.96. The Kier molecular flexibility index (Phi) is 3.82. The molecule has 0 aliphatic heterocycles. The second kappa shape index (κ2) is 5.53. The summed E-state index contributed by atoms with van der Waals surface area (Å²) in [6.45, 7) is -0.725. The molecule has 2 aromatic rings. The first-order valence-corrected chi connectivity index (χ1v) is 5.80. The van der Waals surface area contributed by atoms with E-state index in [1.165, 1.54) is 0 Å². The summed E-state index contributed by atoms with van der Waals surface area (Å²) in [5.41, 5.74) is 1.72. The topological polar surface area (TPSA) is 102 Å². The average molecular weight is 262 g/mol. The molecule has 0 saturated carbocycles. The molecule has 0 bridgehead atoms. The summed E-state index contributed by atoms with van der Waals surface area (Å²) in [5.74, 6) is -1.83. The van der Waals surface area contributed by atoms with Crippen molar-refractivity contribution in [2.24, 2.45) is 0 Å². The first kappa shape index (κ1) is 13.1. The zero-order valence-corrected chi connectivity index (χ0v) is 10.1. The van der Waals surface area contributed by atoms with E-state index in [-0.39, 0.29) is 6.42 Å². The number of carbonyl (C=O) groups excluding carboxylic acids is 1. The summed E-state index contributed by atoms with van der Waals surface area (Å²) in [7, 11) is 0. The maximum Gasteiger partial charge on any atom is 0.326 e. The van der Waals surface area contributed by atoms with Crippen LogP contribution in [0, 0.1) is 0 Å². The van der Waals surface area contributed by atoms with E-state index in [9.17, 15) is 9.59 Å². The van der Waals surface area contributed by atoms with Crippen LogP contribution in [0.2, 0.25) is 0 Å². The number of carbonyl (C=O) groups is 2. The minimum Gasteiger partial charge on any atom is -0.480 e. The average Bonchev–Trinajstić information content (AvgIpc) is 2.81. The molecule has 1 unspecified atom stereocenters. The number of hydrogen-bond acceptors (Lipinski definition) is 3. The number of aromatic nitrogens is 1. The Morgan fingerprint density at radius 1 is 1.32 bits per heavy atom. The van der Waals surface area contributed by atoms with E-state index < -0.39 is 24.5 Å². The Morgan fingerprint density at radius 2 is 2.05 bits per heavy atom. The van der Waals surface area contributed by atoms with Crippen molar-refractivity contribution in [3.8, 4) is 0 Å². The molecule has 1 aromatic carbocycles. The number of H-pyrrole nitrogens is 1. The van der Waals surface area contributed by atoms with Crippen LogP contribution in [-0.4, -0.2) is 39.7 Å². The summed E-state index contributed by atoms with van der Waals surface area (Å²) in [6, 6.07) is 6.46. The highest BCUT2D eigenvalue weighted by molar-refractivity contribution is 5.86. The number of fused-ring (bicyclic) bond motifs is 1. The molecule has 0 aliphatic rings. The van der Waals surface area contributed by atoms with Crippen LogP contribution in [0.5, 0.6) is 0 Å². The van der Waals surface area contributed by atoms with Crippen molar-refractivity contribution in [1.82, 2.24) is 10.3 Å². The molecule has 1 aromatic heterocycles. The largest absolute Gasteiger partial charge is 0.480 e. The van der Waals surface area contributed by atoms with Gasteiger partial charge >= 0.3 is 5.97 Å². The van der Waals surface area contributed by atoms with Crippen LogP contribution in [0.4, 0.5) is 0 Å². The van der Waals surface area contributed by atoms with E-state index in [0.717, 1.165) is 16.5 Å². The lowest BCUT2D eigenvalue weighted by atomic mass is 10.1. The summed E-state index contributed by atoms with van der Waals surface area (Å²) in [6.07, 6.45) is 1.89. The molecule has 100 valence electrons. The number of hydrogen-bond donors (Lipinski definition) is 4. The highest BCUT2D eigenvalue weighted by Crippen LogP contribution is 2.19. The third kappa shape index (κ3) is 2.92. The maximum absolute atomic E-state index is 11.1. The van der Waals surface area contributed by atoms with E-state index in [1.54, 1.807) is 6.20 Å². The smallest absolute Gasteiger partial charge is 0.326 e. The number of nitrogens with one attached hydrogen (secondary N) is 2. The Hall–Kier alpha value is -2.34. The molecule has 0 fully saturated rings. The minimum absolute atomic E-state index is 0.158.